The average molecular weight is 545 g/mol. The molecule has 0 aromatic carbocycles. The molecule has 0 bridgehead atoms. The van der Waals surface area contributed by atoms with Gasteiger partial charge in [-0.25, -0.2) is 9.59 Å². The first-order valence-corrected chi connectivity index (χ1v) is 13.0. The van der Waals surface area contributed by atoms with Crippen molar-refractivity contribution in [3.8, 4) is 0 Å². The molecule has 0 heterocycles. The van der Waals surface area contributed by atoms with Crippen molar-refractivity contribution >= 4 is 29.8 Å². The summed E-state index contributed by atoms with van der Waals surface area (Å²) in [5, 5.41) is 20.4. The molecule has 0 unspecified atom stereocenters. The van der Waals surface area contributed by atoms with Gasteiger partial charge in [-0.3, -0.25) is 14.4 Å². The summed E-state index contributed by atoms with van der Waals surface area (Å²) in [6, 6.07) is -4.36. The standard InChI is InChI=1S/C26H48N4O8/c1-13(2)12-17(27-23(34)20(16(7)31)30-25(36)38-26(8,9)10)21(32)28-18(14(3)4)22(33)29-19(15(5)6)24(35)37-11/h13-20,31H,12H2,1-11H3,(H,27,34)(H,28,32)(H,29,33)(H,30,36)/t16-,17+,18+,19+,20+/m1/s1. The van der Waals surface area contributed by atoms with Crippen LogP contribution in [0.1, 0.15) is 75.7 Å². The summed E-state index contributed by atoms with van der Waals surface area (Å²) in [4.78, 5) is 63.6. The molecule has 12 nitrogen and oxygen atoms in total. The van der Waals surface area contributed by atoms with Gasteiger partial charge in [0.1, 0.15) is 29.8 Å². The average Bonchev–Trinajstić information content (AvgIpc) is 2.75. The molecule has 0 aromatic heterocycles. The first-order valence-electron chi connectivity index (χ1n) is 13.0. The van der Waals surface area contributed by atoms with Gasteiger partial charge in [0.25, 0.3) is 0 Å². The fourth-order valence-corrected chi connectivity index (χ4v) is 3.46. The van der Waals surface area contributed by atoms with Gasteiger partial charge in [0, 0.05) is 0 Å². The maximum Gasteiger partial charge on any atom is 0.408 e. The van der Waals surface area contributed by atoms with Crippen molar-refractivity contribution in [3.63, 3.8) is 0 Å². The van der Waals surface area contributed by atoms with Gasteiger partial charge >= 0.3 is 12.1 Å². The van der Waals surface area contributed by atoms with Crippen molar-refractivity contribution in [2.45, 2.75) is 112 Å². The van der Waals surface area contributed by atoms with Crippen LogP contribution in [0.2, 0.25) is 0 Å². The number of methoxy groups -OCH3 is 1. The van der Waals surface area contributed by atoms with Crippen LogP contribution in [-0.4, -0.2) is 77.9 Å². The van der Waals surface area contributed by atoms with E-state index in [-0.39, 0.29) is 24.2 Å². The van der Waals surface area contributed by atoms with Crippen LogP contribution in [0, 0.1) is 17.8 Å². The fraction of sp³-hybridized carbons (Fsp3) is 0.808. The summed E-state index contributed by atoms with van der Waals surface area (Å²) in [6.07, 6.45) is -1.96. The lowest BCUT2D eigenvalue weighted by atomic mass is 9.98. The minimum Gasteiger partial charge on any atom is -0.467 e. The summed E-state index contributed by atoms with van der Waals surface area (Å²) in [5.74, 6) is -3.21. The van der Waals surface area contributed by atoms with Crippen LogP contribution < -0.4 is 21.3 Å². The highest BCUT2D eigenvalue weighted by Crippen LogP contribution is 2.11. The molecule has 220 valence electrons. The molecule has 12 heteroatoms. The van der Waals surface area contributed by atoms with E-state index in [1.165, 1.54) is 14.0 Å². The molecule has 0 saturated heterocycles. The highest BCUT2D eigenvalue weighted by atomic mass is 16.6. The van der Waals surface area contributed by atoms with Crippen LogP contribution >= 0.6 is 0 Å². The van der Waals surface area contributed by atoms with Crippen LogP contribution in [0.25, 0.3) is 0 Å². The van der Waals surface area contributed by atoms with E-state index in [1.54, 1.807) is 48.5 Å². The van der Waals surface area contributed by atoms with Crippen molar-refractivity contribution in [2.24, 2.45) is 17.8 Å². The van der Waals surface area contributed by atoms with Gasteiger partial charge in [0.05, 0.1) is 13.2 Å². The number of amides is 4. The molecule has 0 aliphatic carbocycles. The van der Waals surface area contributed by atoms with Crippen molar-refractivity contribution in [1.29, 1.82) is 0 Å². The summed E-state index contributed by atoms with van der Waals surface area (Å²) in [7, 11) is 1.23. The van der Waals surface area contributed by atoms with E-state index in [0.717, 1.165) is 0 Å². The minimum absolute atomic E-state index is 0.0224. The molecular formula is C26H48N4O8. The number of esters is 1. The van der Waals surface area contributed by atoms with E-state index in [2.05, 4.69) is 21.3 Å². The second-order valence-electron chi connectivity index (χ2n) is 11.5. The van der Waals surface area contributed by atoms with Crippen molar-refractivity contribution in [2.75, 3.05) is 7.11 Å². The lowest BCUT2D eigenvalue weighted by Gasteiger charge is -2.29. The maximum absolute atomic E-state index is 13.3. The van der Waals surface area contributed by atoms with Crippen LogP contribution in [0.4, 0.5) is 4.79 Å². The Balaban J connectivity index is 5.74. The lowest BCUT2D eigenvalue weighted by molar-refractivity contribution is -0.147. The quantitative estimate of drug-likeness (QED) is 0.216. The van der Waals surface area contributed by atoms with E-state index >= 15 is 0 Å². The number of carbonyl (C=O) groups is 5. The Kier molecular flexibility index (Phi) is 14.3. The molecule has 0 saturated carbocycles. The number of rotatable bonds is 13. The van der Waals surface area contributed by atoms with Crippen molar-refractivity contribution in [1.82, 2.24) is 21.3 Å². The molecule has 4 amide bonds. The molecule has 0 fully saturated rings. The second-order valence-corrected chi connectivity index (χ2v) is 11.5. The first-order chi connectivity index (χ1) is 17.3. The molecule has 0 aliphatic heterocycles. The molecule has 5 N–H and O–H groups in total. The van der Waals surface area contributed by atoms with Crippen LogP contribution in [0.3, 0.4) is 0 Å². The molecule has 0 aromatic rings. The smallest absolute Gasteiger partial charge is 0.408 e. The number of carbonyl (C=O) groups excluding carboxylic acids is 5. The van der Waals surface area contributed by atoms with Gasteiger partial charge in [-0.15, -0.1) is 0 Å². The number of hydrogen-bond donors (Lipinski definition) is 5. The van der Waals surface area contributed by atoms with Crippen molar-refractivity contribution in [3.05, 3.63) is 0 Å². The third-order valence-corrected chi connectivity index (χ3v) is 5.44. The Morgan fingerprint density at radius 2 is 1.18 bits per heavy atom. The van der Waals surface area contributed by atoms with Gasteiger partial charge in [0.15, 0.2) is 0 Å². The number of alkyl carbamates (subject to hydrolysis) is 1. The zero-order valence-electron chi connectivity index (χ0n) is 24.6. The zero-order chi connectivity index (χ0) is 30.0. The summed E-state index contributed by atoms with van der Waals surface area (Å²) >= 11 is 0. The van der Waals surface area contributed by atoms with E-state index in [4.69, 9.17) is 9.47 Å². The molecular weight excluding hydrogens is 496 g/mol. The number of aliphatic hydroxyl groups is 1. The monoisotopic (exact) mass is 544 g/mol. The Labute approximate surface area is 226 Å². The largest absolute Gasteiger partial charge is 0.467 e. The Bertz CT molecular complexity index is 821. The topological polar surface area (TPSA) is 172 Å². The van der Waals surface area contributed by atoms with E-state index in [9.17, 15) is 29.1 Å². The molecule has 38 heavy (non-hydrogen) atoms. The Morgan fingerprint density at radius 1 is 0.711 bits per heavy atom. The summed E-state index contributed by atoms with van der Waals surface area (Å²) in [6.45, 7) is 17.0. The minimum atomic E-state index is -1.39. The van der Waals surface area contributed by atoms with Gasteiger partial charge in [-0.05, 0) is 51.9 Å². The predicted octanol–water partition coefficient (Wildman–Crippen LogP) is 1.25. The third-order valence-electron chi connectivity index (χ3n) is 5.44. The number of nitrogens with one attached hydrogen (secondary N) is 4. The fourth-order valence-electron chi connectivity index (χ4n) is 3.46. The molecule has 0 spiro atoms. The van der Waals surface area contributed by atoms with Gasteiger partial charge in [0.2, 0.25) is 17.7 Å². The van der Waals surface area contributed by atoms with E-state index in [1.807, 2.05) is 13.8 Å². The third kappa shape index (κ3) is 12.6. The van der Waals surface area contributed by atoms with Crippen LogP contribution in [-0.2, 0) is 28.7 Å². The van der Waals surface area contributed by atoms with E-state index < -0.39 is 65.7 Å². The highest BCUT2D eigenvalue weighted by Gasteiger charge is 2.35. The predicted molar refractivity (Wildman–Crippen MR) is 142 cm³/mol. The molecule has 5 atom stereocenters. The number of aliphatic hydroxyl groups excluding tert-OH is 1. The lowest BCUT2D eigenvalue weighted by Crippen LogP contribution is -2.60. The Morgan fingerprint density at radius 3 is 1.58 bits per heavy atom. The molecule has 0 aliphatic rings. The molecule has 0 radical (unpaired) electrons. The van der Waals surface area contributed by atoms with Crippen LogP contribution in [0.5, 0.6) is 0 Å². The van der Waals surface area contributed by atoms with Crippen LogP contribution in [0.15, 0.2) is 0 Å². The maximum atomic E-state index is 13.3. The zero-order valence-corrected chi connectivity index (χ0v) is 24.6. The summed E-state index contributed by atoms with van der Waals surface area (Å²) < 4.78 is 9.94. The van der Waals surface area contributed by atoms with Gasteiger partial charge < -0.3 is 35.8 Å². The summed E-state index contributed by atoms with van der Waals surface area (Å²) in [5.41, 5.74) is -0.821. The highest BCUT2D eigenvalue weighted by molar-refractivity contribution is 5.95. The molecule has 0 rings (SSSR count). The normalized spacial score (nSPS) is 15.7. The second kappa shape index (κ2) is 15.5. The number of ether oxygens (including phenoxy) is 2. The van der Waals surface area contributed by atoms with E-state index in [0.29, 0.717) is 0 Å². The van der Waals surface area contributed by atoms with Gasteiger partial charge in [-0.2, -0.15) is 0 Å². The SMILES string of the molecule is COC(=O)[C@@H](NC(=O)[C@@H](NC(=O)[C@H](CC(C)C)NC(=O)[C@@H](NC(=O)OC(C)(C)C)[C@@H](C)O)C(C)C)C(C)C. The first kappa shape index (κ1) is 35.1. The Hall–Kier alpha value is -2.89. The van der Waals surface area contributed by atoms with Crippen molar-refractivity contribution < 1.29 is 38.6 Å². The van der Waals surface area contributed by atoms with Gasteiger partial charge in [-0.1, -0.05) is 41.5 Å². The number of hydrogen-bond acceptors (Lipinski definition) is 8.